The highest BCUT2D eigenvalue weighted by molar-refractivity contribution is 7.17. The smallest absolute Gasteiger partial charge is 0.411 e. The highest BCUT2D eigenvalue weighted by Crippen LogP contribution is 2.24. The second kappa shape index (κ2) is 7.10. The van der Waals surface area contributed by atoms with Gasteiger partial charge in [0, 0.05) is 11.8 Å². The van der Waals surface area contributed by atoms with Crippen molar-refractivity contribution in [2.24, 2.45) is 0 Å². The molecule has 1 aromatic carbocycles. The van der Waals surface area contributed by atoms with E-state index in [0.29, 0.717) is 20.7 Å². The Hall–Kier alpha value is -2.05. The van der Waals surface area contributed by atoms with Crippen molar-refractivity contribution in [3.8, 4) is 5.75 Å². The minimum absolute atomic E-state index is 0.277. The van der Waals surface area contributed by atoms with E-state index < -0.39 is 12.1 Å². The van der Waals surface area contributed by atoms with Gasteiger partial charge in [-0.2, -0.15) is 0 Å². The summed E-state index contributed by atoms with van der Waals surface area (Å²) in [6.07, 6.45) is -0.564. The molecule has 0 spiro atoms. The van der Waals surface area contributed by atoms with Crippen molar-refractivity contribution in [3.05, 3.63) is 45.6 Å². The number of carbonyl (C=O) groups is 2. The highest BCUT2D eigenvalue weighted by Gasteiger charge is 2.12. The highest BCUT2D eigenvalue weighted by atomic mass is 35.5. The van der Waals surface area contributed by atoms with Crippen LogP contribution in [0.3, 0.4) is 0 Å². The fourth-order valence-corrected chi connectivity index (χ4v) is 2.42. The number of rotatable bonds is 4. The molecule has 2 aromatic rings. The molecule has 1 N–H and O–H groups in total. The maximum Gasteiger partial charge on any atom is 0.411 e. The molecule has 110 valence electrons. The van der Waals surface area contributed by atoms with Crippen LogP contribution >= 0.6 is 22.9 Å². The van der Waals surface area contributed by atoms with Crippen LogP contribution in [0.2, 0.25) is 4.34 Å². The number of ether oxygens (including phenoxy) is 2. The number of halogens is 1. The number of thiophene rings is 1. The fourth-order valence-electron chi connectivity index (χ4n) is 1.50. The summed E-state index contributed by atoms with van der Waals surface area (Å²) < 4.78 is 10.5. The first-order valence-electron chi connectivity index (χ1n) is 6.10. The topological polar surface area (TPSA) is 64.6 Å². The van der Waals surface area contributed by atoms with Crippen LogP contribution in [0.1, 0.15) is 16.6 Å². The number of anilines is 1. The summed E-state index contributed by atoms with van der Waals surface area (Å²) in [6.45, 7) is 1.99. The first-order valence-corrected chi connectivity index (χ1v) is 7.29. The zero-order chi connectivity index (χ0) is 15.2. The van der Waals surface area contributed by atoms with E-state index in [2.05, 4.69) is 5.32 Å². The number of hydrogen-bond acceptors (Lipinski definition) is 5. The van der Waals surface area contributed by atoms with Gasteiger partial charge in [0.25, 0.3) is 0 Å². The van der Waals surface area contributed by atoms with Gasteiger partial charge in [0.1, 0.15) is 10.6 Å². The molecular weight excluding hydrogens is 314 g/mol. The first-order chi connectivity index (χ1) is 10.1. The number of hydrogen-bond donors (Lipinski definition) is 1. The minimum Gasteiger partial charge on any atom is -0.450 e. The molecule has 21 heavy (non-hydrogen) atoms. The summed E-state index contributed by atoms with van der Waals surface area (Å²) in [5.74, 6) is -0.181. The SMILES string of the molecule is CCOC(=O)Nc1cccc(OC(=O)c2ccc(Cl)s2)c1. The Morgan fingerprint density at radius 2 is 2.10 bits per heavy atom. The number of carbonyl (C=O) groups excluding carboxylic acids is 2. The van der Waals surface area contributed by atoms with E-state index in [0.717, 1.165) is 11.3 Å². The van der Waals surface area contributed by atoms with Crippen LogP contribution in [-0.4, -0.2) is 18.7 Å². The van der Waals surface area contributed by atoms with Gasteiger partial charge in [-0.1, -0.05) is 17.7 Å². The van der Waals surface area contributed by atoms with Gasteiger partial charge >= 0.3 is 12.1 Å². The van der Waals surface area contributed by atoms with E-state index in [1.165, 1.54) is 6.07 Å². The van der Waals surface area contributed by atoms with Gasteiger partial charge in [0.2, 0.25) is 0 Å². The van der Waals surface area contributed by atoms with Crippen LogP contribution in [-0.2, 0) is 4.74 Å². The molecule has 0 atom stereocenters. The van der Waals surface area contributed by atoms with Crippen LogP contribution < -0.4 is 10.1 Å². The van der Waals surface area contributed by atoms with Crippen LogP contribution in [0.5, 0.6) is 5.75 Å². The van der Waals surface area contributed by atoms with Crippen molar-refractivity contribution >= 4 is 40.7 Å². The molecule has 1 aromatic heterocycles. The average Bonchev–Trinajstić information content (AvgIpc) is 2.86. The monoisotopic (exact) mass is 325 g/mol. The van der Waals surface area contributed by atoms with Gasteiger partial charge in [-0.15, -0.1) is 11.3 Å². The van der Waals surface area contributed by atoms with Crippen molar-refractivity contribution in [2.45, 2.75) is 6.92 Å². The Morgan fingerprint density at radius 1 is 1.29 bits per heavy atom. The molecule has 0 bridgehead atoms. The third-order valence-corrected chi connectivity index (χ3v) is 3.55. The van der Waals surface area contributed by atoms with Gasteiger partial charge in [-0.25, -0.2) is 9.59 Å². The standard InChI is InChI=1S/C14H12ClNO4S/c1-2-19-14(18)16-9-4-3-5-10(8-9)20-13(17)11-6-7-12(15)21-11/h3-8H,2H2,1H3,(H,16,18). The quantitative estimate of drug-likeness (QED) is 0.676. The van der Waals surface area contributed by atoms with Gasteiger partial charge < -0.3 is 9.47 Å². The molecule has 5 nitrogen and oxygen atoms in total. The molecule has 0 saturated heterocycles. The van der Waals surface area contributed by atoms with Crippen molar-refractivity contribution < 1.29 is 19.1 Å². The normalized spacial score (nSPS) is 10.0. The molecule has 0 aliphatic rings. The number of esters is 1. The molecule has 0 aliphatic carbocycles. The van der Waals surface area contributed by atoms with Crippen molar-refractivity contribution in [1.29, 1.82) is 0 Å². The van der Waals surface area contributed by atoms with E-state index in [1.54, 1.807) is 37.3 Å². The van der Waals surface area contributed by atoms with Crippen LogP contribution in [0.4, 0.5) is 10.5 Å². The van der Waals surface area contributed by atoms with Gasteiger partial charge in [-0.05, 0) is 31.2 Å². The summed E-state index contributed by atoms with van der Waals surface area (Å²) in [4.78, 5) is 23.6. The zero-order valence-electron chi connectivity index (χ0n) is 11.1. The Bertz CT molecular complexity index is 656. The third-order valence-electron chi connectivity index (χ3n) is 2.34. The predicted octanol–water partition coefficient (Wildman–Crippen LogP) is 4.19. The van der Waals surface area contributed by atoms with E-state index in [4.69, 9.17) is 21.1 Å². The molecule has 7 heteroatoms. The average molecular weight is 326 g/mol. The molecule has 0 unspecified atom stereocenters. The lowest BCUT2D eigenvalue weighted by atomic mass is 10.3. The van der Waals surface area contributed by atoms with Crippen LogP contribution in [0.25, 0.3) is 0 Å². The van der Waals surface area contributed by atoms with Crippen LogP contribution in [0, 0.1) is 0 Å². The van der Waals surface area contributed by atoms with Gasteiger partial charge in [-0.3, -0.25) is 5.32 Å². The minimum atomic E-state index is -0.564. The van der Waals surface area contributed by atoms with E-state index in [1.807, 2.05) is 0 Å². The molecular formula is C14H12ClNO4S. The summed E-state index contributed by atoms with van der Waals surface area (Å²) in [5.41, 5.74) is 0.475. The molecule has 2 rings (SSSR count). The van der Waals surface area contributed by atoms with E-state index in [-0.39, 0.29) is 6.61 Å². The number of nitrogens with one attached hydrogen (secondary N) is 1. The third kappa shape index (κ3) is 4.47. The molecule has 0 fully saturated rings. The first kappa shape index (κ1) is 15.3. The molecule has 0 saturated carbocycles. The summed E-state index contributed by atoms with van der Waals surface area (Å²) in [5, 5.41) is 2.53. The summed E-state index contributed by atoms with van der Waals surface area (Å²) in [7, 11) is 0. The van der Waals surface area contributed by atoms with Gasteiger partial charge in [0.05, 0.1) is 10.9 Å². The number of benzene rings is 1. The molecule has 1 heterocycles. The van der Waals surface area contributed by atoms with E-state index in [9.17, 15) is 9.59 Å². The fraction of sp³-hybridized carbons (Fsp3) is 0.143. The van der Waals surface area contributed by atoms with Crippen molar-refractivity contribution in [2.75, 3.05) is 11.9 Å². The zero-order valence-corrected chi connectivity index (χ0v) is 12.7. The van der Waals surface area contributed by atoms with Crippen molar-refractivity contribution in [3.63, 3.8) is 0 Å². The molecule has 0 aliphatic heterocycles. The van der Waals surface area contributed by atoms with Crippen LogP contribution in [0.15, 0.2) is 36.4 Å². The Labute approximate surface area is 130 Å². The van der Waals surface area contributed by atoms with Gasteiger partial charge in [0.15, 0.2) is 0 Å². The Kier molecular flexibility index (Phi) is 5.19. The lowest BCUT2D eigenvalue weighted by Gasteiger charge is -2.07. The van der Waals surface area contributed by atoms with Crippen molar-refractivity contribution in [1.82, 2.24) is 0 Å². The Morgan fingerprint density at radius 3 is 2.76 bits per heavy atom. The predicted molar refractivity (Wildman–Crippen MR) is 81.4 cm³/mol. The summed E-state index contributed by atoms with van der Waals surface area (Å²) in [6, 6.07) is 9.69. The maximum atomic E-state index is 11.9. The summed E-state index contributed by atoms with van der Waals surface area (Å²) >= 11 is 6.91. The molecule has 0 radical (unpaired) electrons. The lowest BCUT2D eigenvalue weighted by Crippen LogP contribution is -2.13. The maximum absolute atomic E-state index is 11.9. The molecule has 1 amide bonds. The Balaban J connectivity index is 2.04. The largest absolute Gasteiger partial charge is 0.450 e. The second-order valence-corrected chi connectivity index (χ2v) is 5.58. The number of amides is 1. The lowest BCUT2D eigenvalue weighted by molar-refractivity contribution is 0.0740. The second-order valence-electron chi connectivity index (χ2n) is 3.87. The van der Waals surface area contributed by atoms with E-state index >= 15 is 0 Å².